The molecule has 0 aliphatic rings. The number of anilines is 1. The summed E-state index contributed by atoms with van der Waals surface area (Å²) in [6, 6.07) is 23.4. The highest BCUT2D eigenvalue weighted by molar-refractivity contribution is 6.07. The van der Waals surface area contributed by atoms with Gasteiger partial charge in [0.1, 0.15) is 11.4 Å². The van der Waals surface area contributed by atoms with E-state index in [9.17, 15) is 14.4 Å². The third-order valence-electron chi connectivity index (χ3n) is 5.65. The van der Waals surface area contributed by atoms with E-state index >= 15 is 0 Å². The first-order valence-corrected chi connectivity index (χ1v) is 11.3. The molecule has 1 heterocycles. The average molecular weight is 471 g/mol. The first-order chi connectivity index (χ1) is 16.9. The maximum Gasteiger partial charge on any atom is 0.356 e. The smallest absolute Gasteiger partial charge is 0.356 e. The van der Waals surface area contributed by atoms with E-state index in [0.29, 0.717) is 34.4 Å². The van der Waals surface area contributed by atoms with Crippen LogP contribution < -0.4 is 15.6 Å². The molecular weight excluding hydrogens is 444 g/mol. The number of carbonyl (C=O) groups is 2. The van der Waals surface area contributed by atoms with Crippen molar-refractivity contribution in [2.24, 2.45) is 7.05 Å². The van der Waals surface area contributed by atoms with Crippen LogP contribution in [0.1, 0.15) is 24.3 Å². The first kappa shape index (κ1) is 23.8. The molecule has 0 aliphatic carbocycles. The summed E-state index contributed by atoms with van der Waals surface area (Å²) >= 11 is 0. The Morgan fingerprint density at radius 3 is 2.20 bits per heavy atom. The minimum atomic E-state index is -1.10. The van der Waals surface area contributed by atoms with E-state index in [4.69, 9.17) is 9.47 Å². The number of pyridine rings is 1. The molecule has 178 valence electrons. The maximum absolute atomic E-state index is 13.4. The molecule has 35 heavy (non-hydrogen) atoms. The fourth-order valence-corrected chi connectivity index (χ4v) is 3.92. The van der Waals surface area contributed by atoms with Gasteiger partial charge in [-0.15, -0.1) is 0 Å². The molecule has 4 aromatic rings. The fraction of sp³-hybridized carbons (Fsp3) is 0.179. The number of fused-ring (bicyclic) bond motifs is 1. The Morgan fingerprint density at radius 1 is 0.914 bits per heavy atom. The predicted molar refractivity (Wildman–Crippen MR) is 136 cm³/mol. The van der Waals surface area contributed by atoms with Crippen molar-refractivity contribution in [3.8, 4) is 16.9 Å². The summed E-state index contributed by atoms with van der Waals surface area (Å²) in [6.07, 6.45) is -1.10. The number of benzene rings is 3. The molecule has 1 aromatic heterocycles. The minimum Gasteiger partial charge on any atom is -0.494 e. The normalized spacial score (nSPS) is 11.6. The van der Waals surface area contributed by atoms with Gasteiger partial charge < -0.3 is 19.4 Å². The molecule has 0 spiro atoms. The lowest BCUT2D eigenvalue weighted by Gasteiger charge is -2.19. The monoisotopic (exact) mass is 470 g/mol. The van der Waals surface area contributed by atoms with Crippen LogP contribution in [0.2, 0.25) is 0 Å². The molecule has 0 saturated heterocycles. The van der Waals surface area contributed by atoms with Gasteiger partial charge >= 0.3 is 5.97 Å². The largest absolute Gasteiger partial charge is 0.494 e. The third-order valence-corrected chi connectivity index (χ3v) is 5.65. The van der Waals surface area contributed by atoms with Crippen molar-refractivity contribution in [2.45, 2.75) is 20.0 Å². The zero-order valence-electron chi connectivity index (χ0n) is 19.8. The lowest BCUT2D eigenvalue weighted by Crippen LogP contribution is -2.32. The Labute approximate surface area is 202 Å². The molecule has 0 bridgehead atoms. The Morgan fingerprint density at radius 2 is 1.54 bits per heavy atom. The van der Waals surface area contributed by atoms with E-state index in [-0.39, 0.29) is 11.3 Å². The molecule has 3 aromatic carbocycles. The van der Waals surface area contributed by atoms with Crippen LogP contribution in [0, 0.1) is 0 Å². The molecule has 1 unspecified atom stereocenters. The van der Waals surface area contributed by atoms with Crippen LogP contribution in [0.3, 0.4) is 0 Å². The van der Waals surface area contributed by atoms with E-state index in [0.717, 1.165) is 5.56 Å². The number of hydrogen-bond donors (Lipinski definition) is 1. The Hall–Kier alpha value is -4.39. The topological polar surface area (TPSA) is 86.6 Å². The van der Waals surface area contributed by atoms with Gasteiger partial charge in [-0.1, -0.05) is 48.5 Å². The zero-order chi connectivity index (χ0) is 24.9. The van der Waals surface area contributed by atoms with Gasteiger partial charge in [-0.2, -0.15) is 0 Å². The van der Waals surface area contributed by atoms with Crippen LogP contribution in [-0.2, 0) is 16.6 Å². The Bertz CT molecular complexity index is 1430. The summed E-state index contributed by atoms with van der Waals surface area (Å²) in [6.45, 7) is 3.92. The van der Waals surface area contributed by atoms with Crippen LogP contribution in [0.4, 0.5) is 5.69 Å². The number of hydrogen-bond acceptors (Lipinski definition) is 5. The number of amides is 1. The summed E-state index contributed by atoms with van der Waals surface area (Å²) < 4.78 is 12.2. The van der Waals surface area contributed by atoms with Crippen molar-refractivity contribution in [2.75, 3.05) is 11.9 Å². The van der Waals surface area contributed by atoms with Gasteiger partial charge in [0.15, 0.2) is 6.10 Å². The number of nitrogens with one attached hydrogen (secondary N) is 1. The quantitative estimate of drug-likeness (QED) is 0.393. The van der Waals surface area contributed by atoms with Crippen LogP contribution in [0.5, 0.6) is 5.75 Å². The highest BCUT2D eigenvalue weighted by Gasteiger charge is 2.26. The van der Waals surface area contributed by atoms with Crippen molar-refractivity contribution in [3.63, 3.8) is 0 Å². The summed E-state index contributed by atoms with van der Waals surface area (Å²) in [4.78, 5) is 39.1. The van der Waals surface area contributed by atoms with Gasteiger partial charge in [-0.3, -0.25) is 9.59 Å². The minimum absolute atomic E-state index is 0.0839. The molecule has 7 nitrogen and oxygen atoms in total. The number of ether oxygens (including phenoxy) is 2. The zero-order valence-corrected chi connectivity index (χ0v) is 19.8. The molecule has 0 aliphatic heterocycles. The molecule has 0 radical (unpaired) electrons. The van der Waals surface area contributed by atoms with E-state index in [1.165, 1.54) is 18.5 Å². The maximum atomic E-state index is 13.4. The van der Waals surface area contributed by atoms with Gasteiger partial charge in [0, 0.05) is 23.7 Å². The number of carbonyl (C=O) groups excluding carboxylic acids is 2. The van der Waals surface area contributed by atoms with Gasteiger partial charge in [-0.25, -0.2) is 4.79 Å². The fourth-order valence-electron chi connectivity index (χ4n) is 3.92. The van der Waals surface area contributed by atoms with Crippen LogP contribution in [-0.4, -0.2) is 29.2 Å². The summed E-state index contributed by atoms with van der Waals surface area (Å²) in [5, 5.41) is 3.86. The van der Waals surface area contributed by atoms with Gasteiger partial charge in [-0.05, 0) is 55.1 Å². The number of nitrogens with zero attached hydrogens (tertiary/aromatic N) is 1. The molecule has 1 atom stereocenters. The standard InChI is InChI=1S/C28H26N2O5/c1-4-34-21-16-14-20(15-17-21)29-26(31)18(2)35-28(33)25-24(19-10-6-5-7-11-19)22-12-8-9-13-23(22)27(32)30(25)3/h5-18H,4H2,1-3H3,(H,29,31). The Kier molecular flexibility index (Phi) is 6.96. The van der Waals surface area contributed by atoms with Crippen LogP contribution >= 0.6 is 0 Å². The van der Waals surface area contributed by atoms with E-state index in [1.54, 1.807) is 42.5 Å². The third kappa shape index (κ3) is 4.94. The van der Waals surface area contributed by atoms with Crippen molar-refractivity contribution < 1.29 is 19.1 Å². The van der Waals surface area contributed by atoms with Crippen LogP contribution in [0.25, 0.3) is 21.9 Å². The van der Waals surface area contributed by atoms with Crippen LogP contribution in [0.15, 0.2) is 83.7 Å². The predicted octanol–water partition coefficient (Wildman–Crippen LogP) is 4.79. The number of aromatic nitrogens is 1. The molecule has 0 saturated carbocycles. The highest BCUT2D eigenvalue weighted by Crippen LogP contribution is 2.31. The van der Waals surface area contributed by atoms with Crippen molar-refractivity contribution in [3.05, 3.63) is 94.9 Å². The van der Waals surface area contributed by atoms with Crippen molar-refractivity contribution >= 4 is 28.3 Å². The first-order valence-electron chi connectivity index (χ1n) is 11.3. The van der Waals surface area contributed by atoms with E-state index in [1.807, 2.05) is 43.3 Å². The average Bonchev–Trinajstić information content (AvgIpc) is 2.87. The molecule has 4 rings (SSSR count). The lowest BCUT2D eigenvalue weighted by molar-refractivity contribution is -0.123. The molecule has 7 heteroatoms. The van der Waals surface area contributed by atoms with E-state index in [2.05, 4.69) is 5.32 Å². The summed E-state index contributed by atoms with van der Waals surface area (Å²) in [7, 11) is 1.53. The second kappa shape index (κ2) is 10.3. The molecule has 0 fully saturated rings. The van der Waals surface area contributed by atoms with E-state index < -0.39 is 18.0 Å². The van der Waals surface area contributed by atoms with Crippen molar-refractivity contribution in [1.82, 2.24) is 4.57 Å². The lowest BCUT2D eigenvalue weighted by atomic mass is 9.97. The molecule has 1 N–H and O–H groups in total. The highest BCUT2D eigenvalue weighted by atomic mass is 16.5. The number of rotatable bonds is 7. The SMILES string of the molecule is CCOc1ccc(NC(=O)C(C)OC(=O)c2c(-c3ccccc3)c3ccccc3c(=O)n2C)cc1. The van der Waals surface area contributed by atoms with Gasteiger partial charge in [0.25, 0.3) is 11.5 Å². The molecular formula is C28H26N2O5. The van der Waals surface area contributed by atoms with Gasteiger partial charge in [0.05, 0.1) is 6.61 Å². The van der Waals surface area contributed by atoms with Crippen molar-refractivity contribution in [1.29, 1.82) is 0 Å². The molecule has 1 amide bonds. The Balaban J connectivity index is 1.65. The second-order valence-corrected chi connectivity index (χ2v) is 7.99. The van der Waals surface area contributed by atoms with Gasteiger partial charge in [0.2, 0.25) is 0 Å². The second-order valence-electron chi connectivity index (χ2n) is 7.99. The summed E-state index contributed by atoms with van der Waals surface area (Å²) in [5.41, 5.74) is 1.65. The number of esters is 1. The summed E-state index contributed by atoms with van der Waals surface area (Å²) in [5.74, 6) is -0.561.